The highest BCUT2D eigenvalue weighted by atomic mass is 35.5. The molecule has 0 unspecified atom stereocenters. The molecule has 0 amide bonds. The van der Waals surface area contributed by atoms with Gasteiger partial charge in [-0.1, -0.05) is 50.6 Å². The van der Waals surface area contributed by atoms with Crippen LogP contribution in [0.25, 0.3) is 0 Å². The maximum absolute atomic E-state index is 13.0. The summed E-state index contributed by atoms with van der Waals surface area (Å²) in [5.41, 5.74) is 0.310. The largest absolute Gasteiger partial charge is 0.294 e. The van der Waals surface area contributed by atoms with Crippen molar-refractivity contribution in [1.29, 1.82) is 0 Å². The summed E-state index contributed by atoms with van der Waals surface area (Å²) in [7, 11) is 0. The van der Waals surface area contributed by atoms with Crippen molar-refractivity contribution >= 4 is 17.4 Å². The predicted octanol–water partition coefficient (Wildman–Crippen LogP) is 5.41. The van der Waals surface area contributed by atoms with Crippen LogP contribution in [0, 0.1) is 5.82 Å². The Hall–Kier alpha value is -0.890. The number of benzene rings is 1. The molecule has 1 aromatic carbocycles. The number of hydrogen-bond acceptors (Lipinski definition) is 1. The highest BCUT2D eigenvalue weighted by molar-refractivity contribution is 6.33. The lowest BCUT2D eigenvalue weighted by atomic mass is 10.0. The third kappa shape index (κ3) is 5.18. The van der Waals surface area contributed by atoms with Gasteiger partial charge in [0.05, 0.1) is 5.02 Å². The van der Waals surface area contributed by atoms with Crippen molar-refractivity contribution in [3.8, 4) is 0 Å². The first kappa shape index (κ1) is 15.2. The number of unbranched alkanes of at least 4 members (excludes halogenated alkanes) is 5. The van der Waals surface area contributed by atoms with Gasteiger partial charge in [0.1, 0.15) is 5.82 Å². The first-order chi connectivity index (χ1) is 8.65. The van der Waals surface area contributed by atoms with E-state index in [-0.39, 0.29) is 5.78 Å². The highest BCUT2D eigenvalue weighted by Crippen LogP contribution is 2.20. The molecule has 0 aliphatic carbocycles. The van der Waals surface area contributed by atoms with Gasteiger partial charge >= 0.3 is 0 Å². The summed E-state index contributed by atoms with van der Waals surface area (Å²) in [6.07, 6.45) is 7.23. The lowest BCUT2D eigenvalue weighted by molar-refractivity contribution is 0.0979. The Morgan fingerprint density at radius 2 is 1.83 bits per heavy atom. The molecule has 100 valence electrons. The Morgan fingerprint density at radius 1 is 1.17 bits per heavy atom. The Kier molecular flexibility index (Phi) is 6.96. The molecule has 0 aliphatic rings. The number of carbonyl (C=O) groups excluding carboxylic acids is 1. The quantitative estimate of drug-likeness (QED) is 0.456. The van der Waals surface area contributed by atoms with Crippen LogP contribution in [0.2, 0.25) is 5.02 Å². The van der Waals surface area contributed by atoms with Crippen LogP contribution in [0.3, 0.4) is 0 Å². The van der Waals surface area contributed by atoms with Crippen LogP contribution in [0.4, 0.5) is 4.39 Å². The first-order valence-electron chi connectivity index (χ1n) is 6.63. The molecule has 0 fully saturated rings. The minimum atomic E-state index is -0.411. The van der Waals surface area contributed by atoms with Crippen LogP contribution in [-0.4, -0.2) is 5.78 Å². The van der Waals surface area contributed by atoms with Crippen molar-refractivity contribution in [2.75, 3.05) is 0 Å². The van der Waals surface area contributed by atoms with E-state index in [0.717, 1.165) is 19.3 Å². The minimum absolute atomic E-state index is 0.0602. The van der Waals surface area contributed by atoms with Gasteiger partial charge in [0.25, 0.3) is 0 Å². The summed E-state index contributed by atoms with van der Waals surface area (Å²) in [4.78, 5) is 11.9. The third-order valence-corrected chi connectivity index (χ3v) is 3.32. The molecule has 0 N–H and O–H groups in total. The second-order valence-corrected chi connectivity index (χ2v) is 4.97. The Balaban J connectivity index is 2.34. The zero-order valence-electron chi connectivity index (χ0n) is 10.8. The highest BCUT2D eigenvalue weighted by Gasteiger charge is 2.10. The van der Waals surface area contributed by atoms with Crippen LogP contribution in [0.15, 0.2) is 18.2 Å². The van der Waals surface area contributed by atoms with Crippen molar-refractivity contribution < 1.29 is 9.18 Å². The van der Waals surface area contributed by atoms with Crippen LogP contribution < -0.4 is 0 Å². The molecule has 18 heavy (non-hydrogen) atoms. The predicted molar refractivity (Wildman–Crippen MR) is 73.7 cm³/mol. The fraction of sp³-hybridized carbons (Fsp3) is 0.533. The topological polar surface area (TPSA) is 17.1 Å². The van der Waals surface area contributed by atoms with Crippen molar-refractivity contribution in [2.45, 2.75) is 51.9 Å². The second kappa shape index (κ2) is 8.25. The number of carbonyl (C=O) groups is 1. The lowest BCUT2D eigenvalue weighted by Crippen LogP contribution is -2.00. The summed E-state index contributed by atoms with van der Waals surface area (Å²) in [5, 5.41) is 0.340. The van der Waals surface area contributed by atoms with Gasteiger partial charge in [-0.05, 0) is 24.6 Å². The maximum Gasteiger partial charge on any atom is 0.164 e. The van der Waals surface area contributed by atoms with E-state index in [4.69, 9.17) is 11.6 Å². The van der Waals surface area contributed by atoms with Crippen LogP contribution in [0.5, 0.6) is 0 Å². The molecule has 0 aliphatic heterocycles. The Bertz CT molecular complexity index is 390. The summed E-state index contributed by atoms with van der Waals surface area (Å²) in [6.45, 7) is 2.18. The fourth-order valence-electron chi connectivity index (χ4n) is 1.91. The maximum atomic E-state index is 13.0. The number of halogens is 2. The molecular formula is C15H20ClFO. The van der Waals surface area contributed by atoms with E-state index in [0.29, 0.717) is 17.0 Å². The molecule has 3 heteroatoms. The first-order valence-corrected chi connectivity index (χ1v) is 7.01. The average Bonchev–Trinajstić information content (AvgIpc) is 2.36. The molecule has 0 bridgehead atoms. The van der Waals surface area contributed by atoms with Gasteiger partial charge in [-0.2, -0.15) is 0 Å². The van der Waals surface area contributed by atoms with Gasteiger partial charge in [-0.25, -0.2) is 4.39 Å². The summed E-state index contributed by atoms with van der Waals surface area (Å²) in [5.74, 6) is -0.472. The Morgan fingerprint density at radius 3 is 2.56 bits per heavy atom. The molecule has 1 rings (SSSR count). The van der Waals surface area contributed by atoms with Crippen molar-refractivity contribution in [3.63, 3.8) is 0 Å². The van der Waals surface area contributed by atoms with E-state index in [9.17, 15) is 9.18 Å². The van der Waals surface area contributed by atoms with Gasteiger partial charge < -0.3 is 0 Å². The van der Waals surface area contributed by atoms with E-state index in [1.54, 1.807) is 0 Å². The Labute approximate surface area is 113 Å². The van der Waals surface area contributed by atoms with E-state index in [1.807, 2.05) is 0 Å². The SMILES string of the molecule is CCCCCCCCC(=O)c1cc(F)ccc1Cl. The van der Waals surface area contributed by atoms with E-state index >= 15 is 0 Å². The van der Waals surface area contributed by atoms with E-state index < -0.39 is 5.82 Å². The monoisotopic (exact) mass is 270 g/mol. The van der Waals surface area contributed by atoms with Gasteiger partial charge in [0.15, 0.2) is 5.78 Å². The fourth-order valence-corrected chi connectivity index (χ4v) is 2.13. The molecular weight excluding hydrogens is 251 g/mol. The van der Waals surface area contributed by atoms with Gasteiger partial charge in [0.2, 0.25) is 0 Å². The van der Waals surface area contributed by atoms with Crippen LogP contribution >= 0.6 is 11.6 Å². The molecule has 1 nitrogen and oxygen atoms in total. The number of hydrogen-bond donors (Lipinski definition) is 0. The molecule has 0 radical (unpaired) electrons. The van der Waals surface area contributed by atoms with E-state index in [1.165, 1.54) is 37.5 Å². The molecule has 0 spiro atoms. The molecule has 0 aromatic heterocycles. The lowest BCUT2D eigenvalue weighted by Gasteiger charge is -2.04. The van der Waals surface area contributed by atoms with Crippen LogP contribution in [0.1, 0.15) is 62.2 Å². The number of Topliss-reactive ketones (excluding diaryl/α,β-unsaturated/α-hetero) is 1. The zero-order valence-corrected chi connectivity index (χ0v) is 11.6. The van der Waals surface area contributed by atoms with Gasteiger partial charge in [0, 0.05) is 12.0 Å². The smallest absolute Gasteiger partial charge is 0.164 e. The zero-order chi connectivity index (χ0) is 13.4. The summed E-state index contributed by atoms with van der Waals surface area (Å²) >= 11 is 5.88. The molecule has 0 atom stereocenters. The molecule has 0 heterocycles. The number of ketones is 1. The summed E-state index contributed by atoms with van der Waals surface area (Å²) < 4.78 is 13.0. The van der Waals surface area contributed by atoms with E-state index in [2.05, 4.69) is 6.92 Å². The molecule has 0 saturated heterocycles. The van der Waals surface area contributed by atoms with Crippen molar-refractivity contribution in [1.82, 2.24) is 0 Å². The number of rotatable bonds is 8. The summed E-state index contributed by atoms with van der Waals surface area (Å²) in [6, 6.07) is 3.93. The molecule has 1 aromatic rings. The standard InChI is InChI=1S/C15H20ClFO/c1-2-3-4-5-6-7-8-15(18)13-11-12(17)9-10-14(13)16/h9-11H,2-8H2,1H3. The van der Waals surface area contributed by atoms with Gasteiger partial charge in [-0.3, -0.25) is 4.79 Å². The average molecular weight is 271 g/mol. The molecule has 0 saturated carbocycles. The third-order valence-electron chi connectivity index (χ3n) is 2.99. The minimum Gasteiger partial charge on any atom is -0.294 e. The van der Waals surface area contributed by atoms with Crippen molar-refractivity contribution in [2.24, 2.45) is 0 Å². The van der Waals surface area contributed by atoms with Gasteiger partial charge in [-0.15, -0.1) is 0 Å². The normalized spacial score (nSPS) is 10.6. The second-order valence-electron chi connectivity index (χ2n) is 4.57. The van der Waals surface area contributed by atoms with Crippen molar-refractivity contribution in [3.05, 3.63) is 34.6 Å². The van der Waals surface area contributed by atoms with Crippen LogP contribution in [-0.2, 0) is 0 Å².